The van der Waals surface area contributed by atoms with Gasteiger partial charge in [0, 0.05) is 24.9 Å². The lowest BCUT2D eigenvalue weighted by Gasteiger charge is -2.06. The van der Waals surface area contributed by atoms with Gasteiger partial charge in [-0.15, -0.1) is 0 Å². The van der Waals surface area contributed by atoms with Gasteiger partial charge in [-0.3, -0.25) is 14.9 Å². The Morgan fingerprint density at radius 1 is 1.50 bits per heavy atom. The van der Waals surface area contributed by atoms with Gasteiger partial charge in [0.15, 0.2) is 0 Å². The highest BCUT2D eigenvalue weighted by molar-refractivity contribution is 5.95. The van der Waals surface area contributed by atoms with E-state index in [-0.39, 0.29) is 23.7 Å². The van der Waals surface area contributed by atoms with Crippen LogP contribution in [0.3, 0.4) is 0 Å². The minimum absolute atomic E-state index is 0.137. The van der Waals surface area contributed by atoms with Crippen LogP contribution in [-0.4, -0.2) is 27.8 Å². The number of nitro groups is 1. The molecule has 2 aromatic rings. The summed E-state index contributed by atoms with van der Waals surface area (Å²) in [6.45, 7) is 0.278. The molecule has 0 radical (unpaired) electrons. The second kappa shape index (κ2) is 5.83. The number of hydrogen-bond acceptors (Lipinski definition) is 5. The number of hydrogen-bond donors (Lipinski definition) is 3. The number of H-pyrrole nitrogens is 1. The Morgan fingerprint density at radius 2 is 2.30 bits per heavy atom. The molecule has 0 bridgehead atoms. The van der Waals surface area contributed by atoms with Crippen LogP contribution >= 0.6 is 0 Å². The van der Waals surface area contributed by atoms with Crippen LogP contribution < -0.4 is 10.6 Å². The van der Waals surface area contributed by atoms with Crippen LogP contribution in [0, 0.1) is 10.1 Å². The van der Waals surface area contributed by atoms with Crippen molar-refractivity contribution in [2.24, 2.45) is 0 Å². The van der Waals surface area contributed by atoms with Gasteiger partial charge in [-0.05, 0) is 12.1 Å². The first-order valence-corrected chi connectivity index (χ1v) is 5.83. The van der Waals surface area contributed by atoms with Crippen molar-refractivity contribution in [3.63, 3.8) is 0 Å². The SMILES string of the molecule is CNc1ccc(C(=O)NCc2cnc[nH]2)cc1[N+](=O)[O-]. The zero-order chi connectivity index (χ0) is 14.5. The largest absolute Gasteiger partial charge is 0.383 e. The van der Waals surface area contributed by atoms with Gasteiger partial charge < -0.3 is 15.6 Å². The van der Waals surface area contributed by atoms with E-state index < -0.39 is 4.92 Å². The Hall–Kier alpha value is -2.90. The molecule has 104 valence electrons. The maximum Gasteiger partial charge on any atom is 0.293 e. The van der Waals surface area contributed by atoms with E-state index in [1.54, 1.807) is 13.2 Å². The van der Waals surface area contributed by atoms with E-state index in [9.17, 15) is 14.9 Å². The highest BCUT2D eigenvalue weighted by Gasteiger charge is 2.16. The van der Waals surface area contributed by atoms with Gasteiger partial charge in [-0.1, -0.05) is 0 Å². The van der Waals surface area contributed by atoms with Crippen molar-refractivity contribution in [2.75, 3.05) is 12.4 Å². The molecule has 1 heterocycles. The summed E-state index contributed by atoms with van der Waals surface area (Å²) in [5, 5.41) is 16.3. The smallest absolute Gasteiger partial charge is 0.293 e. The Bertz CT molecular complexity index is 624. The van der Waals surface area contributed by atoms with Crippen molar-refractivity contribution < 1.29 is 9.72 Å². The monoisotopic (exact) mass is 275 g/mol. The van der Waals surface area contributed by atoms with E-state index in [1.807, 2.05) is 0 Å². The van der Waals surface area contributed by atoms with Gasteiger partial charge in [0.1, 0.15) is 5.69 Å². The number of aromatic amines is 1. The summed E-state index contributed by atoms with van der Waals surface area (Å²) < 4.78 is 0. The zero-order valence-corrected chi connectivity index (χ0v) is 10.7. The van der Waals surface area contributed by atoms with Crippen LogP contribution in [-0.2, 0) is 6.54 Å². The number of imidazole rings is 1. The highest BCUT2D eigenvalue weighted by Crippen LogP contribution is 2.24. The third kappa shape index (κ3) is 2.91. The maximum atomic E-state index is 11.9. The topological polar surface area (TPSA) is 113 Å². The van der Waals surface area contributed by atoms with Crippen LogP contribution in [0.5, 0.6) is 0 Å². The summed E-state index contributed by atoms with van der Waals surface area (Å²) in [7, 11) is 1.58. The molecule has 1 amide bonds. The van der Waals surface area contributed by atoms with Crippen molar-refractivity contribution in [2.45, 2.75) is 6.54 Å². The lowest BCUT2D eigenvalue weighted by Crippen LogP contribution is -2.23. The molecule has 8 nitrogen and oxygen atoms in total. The highest BCUT2D eigenvalue weighted by atomic mass is 16.6. The predicted molar refractivity (Wildman–Crippen MR) is 72.4 cm³/mol. The van der Waals surface area contributed by atoms with Gasteiger partial charge in [0.2, 0.25) is 0 Å². The Balaban J connectivity index is 2.13. The summed E-state index contributed by atoms with van der Waals surface area (Å²) in [6, 6.07) is 4.28. The van der Waals surface area contributed by atoms with E-state index in [1.165, 1.54) is 24.5 Å². The first kappa shape index (κ1) is 13.5. The molecule has 2 rings (SSSR count). The van der Waals surface area contributed by atoms with Gasteiger partial charge in [0.25, 0.3) is 11.6 Å². The average molecular weight is 275 g/mol. The first-order valence-electron chi connectivity index (χ1n) is 5.83. The van der Waals surface area contributed by atoms with Gasteiger partial charge in [-0.25, -0.2) is 4.98 Å². The Morgan fingerprint density at radius 3 is 2.90 bits per heavy atom. The molecule has 0 saturated carbocycles. The zero-order valence-electron chi connectivity index (χ0n) is 10.7. The molecule has 0 aliphatic carbocycles. The number of carbonyl (C=O) groups excluding carboxylic acids is 1. The second-order valence-corrected chi connectivity index (χ2v) is 4.00. The quantitative estimate of drug-likeness (QED) is 0.562. The van der Waals surface area contributed by atoms with E-state index in [2.05, 4.69) is 20.6 Å². The summed E-state index contributed by atoms with van der Waals surface area (Å²) in [5.41, 5.74) is 1.21. The van der Waals surface area contributed by atoms with Crippen molar-refractivity contribution >= 4 is 17.3 Å². The molecular formula is C12H13N5O3. The summed E-state index contributed by atoms with van der Waals surface area (Å²) in [6.07, 6.45) is 3.10. The molecule has 8 heteroatoms. The van der Waals surface area contributed by atoms with Crippen LogP contribution in [0.4, 0.5) is 11.4 Å². The van der Waals surface area contributed by atoms with Crippen LogP contribution in [0.2, 0.25) is 0 Å². The molecule has 20 heavy (non-hydrogen) atoms. The Kier molecular flexibility index (Phi) is 3.94. The fourth-order valence-electron chi connectivity index (χ4n) is 1.69. The number of aromatic nitrogens is 2. The van der Waals surface area contributed by atoms with Crippen molar-refractivity contribution in [3.05, 3.63) is 52.1 Å². The van der Waals surface area contributed by atoms with Gasteiger partial charge >= 0.3 is 0 Å². The van der Waals surface area contributed by atoms with Crippen molar-refractivity contribution in [1.29, 1.82) is 0 Å². The standard InChI is InChI=1S/C12H13N5O3/c1-13-10-3-2-8(4-11(10)17(19)20)12(18)15-6-9-5-14-7-16-9/h2-5,7,13H,6H2,1H3,(H,14,16)(H,15,18). The molecular weight excluding hydrogens is 262 g/mol. The predicted octanol–water partition coefficient (Wildman–Crippen LogP) is 1.29. The minimum Gasteiger partial charge on any atom is -0.383 e. The van der Waals surface area contributed by atoms with Gasteiger partial charge in [0.05, 0.1) is 23.5 Å². The van der Waals surface area contributed by atoms with Crippen molar-refractivity contribution in [3.8, 4) is 0 Å². The number of amides is 1. The number of rotatable bonds is 5. The fraction of sp³-hybridized carbons (Fsp3) is 0.167. The Labute approximate surface area is 114 Å². The number of nitro benzene ring substituents is 1. The molecule has 0 aliphatic heterocycles. The first-order chi connectivity index (χ1) is 9.61. The number of carbonyl (C=O) groups is 1. The summed E-state index contributed by atoms with van der Waals surface area (Å²) in [5.74, 6) is -0.384. The molecule has 0 saturated heterocycles. The molecule has 0 unspecified atom stereocenters. The third-order valence-corrected chi connectivity index (χ3v) is 2.72. The van der Waals surface area contributed by atoms with Crippen LogP contribution in [0.25, 0.3) is 0 Å². The maximum absolute atomic E-state index is 11.9. The lowest BCUT2D eigenvalue weighted by molar-refractivity contribution is -0.384. The molecule has 3 N–H and O–H groups in total. The second-order valence-electron chi connectivity index (χ2n) is 4.00. The number of nitrogens with one attached hydrogen (secondary N) is 3. The molecule has 0 aliphatic rings. The minimum atomic E-state index is -0.530. The van der Waals surface area contributed by atoms with E-state index in [0.29, 0.717) is 5.69 Å². The van der Waals surface area contributed by atoms with Crippen LogP contribution in [0.1, 0.15) is 16.1 Å². The molecule has 0 fully saturated rings. The summed E-state index contributed by atoms with van der Waals surface area (Å²) in [4.78, 5) is 29.0. The number of nitrogens with zero attached hydrogens (tertiary/aromatic N) is 2. The average Bonchev–Trinajstić information content (AvgIpc) is 2.97. The van der Waals surface area contributed by atoms with E-state index in [0.717, 1.165) is 5.69 Å². The van der Waals surface area contributed by atoms with E-state index >= 15 is 0 Å². The number of benzene rings is 1. The molecule has 0 atom stereocenters. The normalized spacial score (nSPS) is 10.1. The molecule has 0 spiro atoms. The molecule has 1 aromatic heterocycles. The van der Waals surface area contributed by atoms with Gasteiger partial charge in [-0.2, -0.15) is 0 Å². The van der Waals surface area contributed by atoms with Crippen LogP contribution in [0.15, 0.2) is 30.7 Å². The summed E-state index contributed by atoms with van der Waals surface area (Å²) >= 11 is 0. The third-order valence-electron chi connectivity index (χ3n) is 2.72. The van der Waals surface area contributed by atoms with Crippen molar-refractivity contribution in [1.82, 2.24) is 15.3 Å². The number of anilines is 1. The lowest BCUT2D eigenvalue weighted by atomic mass is 10.1. The fourth-order valence-corrected chi connectivity index (χ4v) is 1.69. The van der Waals surface area contributed by atoms with E-state index in [4.69, 9.17) is 0 Å². The molecule has 1 aromatic carbocycles.